The molecule has 8 heteroatoms. The van der Waals surface area contributed by atoms with Crippen molar-refractivity contribution < 1.29 is 4.79 Å². The van der Waals surface area contributed by atoms with Crippen molar-refractivity contribution in [3.05, 3.63) is 28.9 Å². The Morgan fingerprint density at radius 2 is 2.26 bits per heavy atom. The fourth-order valence-electron chi connectivity index (χ4n) is 3.20. The van der Waals surface area contributed by atoms with Gasteiger partial charge in [0, 0.05) is 42.2 Å². The van der Waals surface area contributed by atoms with E-state index in [4.69, 9.17) is 4.98 Å². The molecule has 1 aliphatic heterocycles. The van der Waals surface area contributed by atoms with Crippen molar-refractivity contribution in [2.45, 2.75) is 39.3 Å². The lowest BCUT2D eigenvalue weighted by molar-refractivity contribution is -0.116. The van der Waals surface area contributed by atoms with Crippen LogP contribution in [0.1, 0.15) is 30.7 Å². The van der Waals surface area contributed by atoms with Crippen molar-refractivity contribution in [2.24, 2.45) is 0 Å². The van der Waals surface area contributed by atoms with E-state index in [1.807, 2.05) is 6.07 Å². The highest BCUT2D eigenvalue weighted by atomic mass is 32.1. The molecule has 0 fully saturated rings. The summed E-state index contributed by atoms with van der Waals surface area (Å²) in [5.74, 6) is 0.0405. The van der Waals surface area contributed by atoms with E-state index in [1.165, 1.54) is 10.4 Å². The van der Waals surface area contributed by atoms with E-state index >= 15 is 0 Å². The van der Waals surface area contributed by atoms with Crippen molar-refractivity contribution in [3.8, 4) is 10.6 Å². The average molecular weight is 402 g/mol. The van der Waals surface area contributed by atoms with Crippen LogP contribution in [0.25, 0.3) is 20.8 Å². The van der Waals surface area contributed by atoms with Crippen molar-refractivity contribution >= 4 is 43.8 Å². The molecule has 0 aliphatic carbocycles. The number of aromatic nitrogens is 2. The van der Waals surface area contributed by atoms with Crippen LogP contribution in [-0.2, 0) is 17.8 Å². The molecule has 0 saturated heterocycles. The molecule has 1 aliphatic rings. The van der Waals surface area contributed by atoms with E-state index in [9.17, 15) is 4.79 Å². The molecule has 3 N–H and O–H groups in total. The smallest absolute Gasteiger partial charge is 0.226 e. The molecule has 0 atom stereocenters. The summed E-state index contributed by atoms with van der Waals surface area (Å²) in [6.07, 6.45) is 5.01. The first kappa shape index (κ1) is 18.5. The highest BCUT2D eigenvalue weighted by Gasteiger charge is 2.25. The predicted molar refractivity (Wildman–Crippen MR) is 113 cm³/mol. The third kappa shape index (κ3) is 4.03. The standard InChI is InChI=1S/C19H23N5OS2/c1-11(2)22-8-5-16(25)24-19-17(12-3-6-21-10-15(12)27-19)18-23-13-9-20-7-4-14(13)26-18/h4,7,9,11,21-22H,3,5-6,8,10H2,1-2H3,(H,24,25). The van der Waals surface area contributed by atoms with Crippen LogP contribution in [0, 0.1) is 0 Å². The number of pyridine rings is 1. The molecular weight excluding hydrogens is 378 g/mol. The number of hydrogen-bond donors (Lipinski definition) is 3. The Morgan fingerprint density at radius 1 is 1.37 bits per heavy atom. The van der Waals surface area contributed by atoms with Crippen molar-refractivity contribution in [2.75, 3.05) is 18.4 Å². The number of fused-ring (bicyclic) bond motifs is 2. The summed E-state index contributed by atoms with van der Waals surface area (Å²) in [4.78, 5) is 22.7. The van der Waals surface area contributed by atoms with Crippen LogP contribution < -0.4 is 16.0 Å². The molecule has 3 aromatic rings. The quantitative estimate of drug-likeness (QED) is 0.590. The van der Waals surface area contributed by atoms with Gasteiger partial charge in [-0.05, 0) is 24.6 Å². The van der Waals surface area contributed by atoms with Gasteiger partial charge in [-0.25, -0.2) is 4.98 Å². The lowest BCUT2D eigenvalue weighted by Crippen LogP contribution is -2.27. The molecule has 1 amide bonds. The summed E-state index contributed by atoms with van der Waals surface area (Å²) in [5.41, 5.74) is 3.33. The van der Waals surface area contributed by atoms with Gasteiger partial charge in [0.15, 0.2) is 0 Å². The van der Waals surface area contributed by atoms with E-state index in [-0.39, 0.29) is 5.91 Å². The maximum atomic E-state index is 12.5. The Kier molecular flexibility index (Phi) is 5.49. The van der Waals surface area contributed by atoms with Crippen molar-refractivity contribution in [3.63, 3.8) is 0 Å². The van der Waals surface area contributed by atoms with Gasteiger partial charge in [-0.15, -0.1) is 22.7 Å². The van der Waals surface area contributed by atoms with Gasteiger partial charge in [0.25, 0.3) is 0 Å². The molecule has 4 heterocycles. The Balaban J connectivity index is 1.65. The Bertz CT molecular complexity index is 929. The van der Waals surface area contributed by atoms with E-state index in [2.05, 4.69) is 34.8 Å². The largest absolute Gasteiger partial charge is 0.317 e. The van der Waals surface area contributed by atoms with Crippen LogP contribution in [0.4, 0.5) is 5.00 Å². The zero-order chi connectivity index (χ0) is 18.8. The predicted octanol–water partition coefficient (Wildman–Crippen LogP) is 3.39. The van der Waals surface area contributed by atoms with Crippen LogP contribution in [0.3, 0.4) is 0 Å². The maximum Gasteiger partial charge on any atom is 0.226 e. The van der Waals surface area contributed by atoms with E-state index in [1.54, 1.807) is 35.1 Å². The average Bonchev–Trinajstić information content (AvgIpc) is 3.21. The molecule has 0 aromatic carbocycles. The molecule has 4 rings (SSSR count). The zero-order valence-electron chi connectivity index (χ0n) is 15.5. The van der Waals surface area contributed by atoms with Crippen molar-refractivity contribution in [1.82, 2.24) is 20.6 Å². The van der Waals surface area contributed by atoms with Gasteiger partial charge < -0.3 is 16.0 Å². The summed E-state index contributed by atoms with van der Waals surface area (Å²) in [5, 5.41) is 11.7. The topological polar surface area (TPSA) is 78.9 Å². The highest BCUT2D eigenvalue weighted by molar-refractivity contribution is 7.22. The van der Waals surface area contributed by atoms with E-state index in [0.29, 0.717) is 19.0 Å². The third-order valence-corrected chi connectivity index (χ3v) is 6.69. The molecule has 6 nitrogen and oxygen atoms in total. The van der Waals surface area contributed by atoms with Gasteiger partial charge in [0.1, 0.15) is 15.5 Å². The summed E-state index contributed by atoms with van der Waals surface area (Å²) in [7, 11) is 0. The molecule has 0 bridgehead atoms. The van der Waals surface area contributed by atoms with Gasteiger partial charge in [-0.1, -0.05) is 13.8 Å². The molecule has 142 valence electrons. The number of hydrogen-bond acceptors (Lipinski definition) is 7. The van der Waals surface area contributed by atoms with Crippen LogP contribution in [-0.4, -0.2) is 35.0 Å². The minimum atomic E-state index is 0.0405. The van der Waals surface area contributed by atoms with Crippen molar-refractivity contribution in [1.29, 1.82) is 0 Å². The number of nitrogens with zero attached hydrogens (tertiary/aromatic N) is 2. The Morgan fingerprint density at radius 3 is 3.07 bits per heavy atom. The molecule has 3 aromatic heterocycles. The summed E-state index contributed by atoms with van der Waals surface area (Å²) in [6.45, 7) is 6.65. The fraction of sp³-hybridized carbons (Fsp3) is 0.421. The second kappa shape index (κ2) is 8.02. The van der Waals surface area contributed by atoms with Gasteiger partial charge in [-0.2, -0.15) is 0 Å². The number of nitrogens with one attached hydrogen (secondary N) is 3. The van der Waals surface area contributed by atoms with Crippen LogP contribution in [0.5, 0.6) is 0 Å². The van der Waals surface area contributed by atoms with Crippen LogP contribution >= 0.6 is 22.7 Å². The minimum absolute atomic E-state index is 0.0405. The number of thiazole rings is 1. The molecular formula is C19H23N5OS2. The number of rotatable bonds is 6. The van der Waals surface area contributed by atoms with Gasteiger partial charge in [-0.3, -0.25) is 9.78 Å². The number of carbonyl (C=O) groups excluding carboxylic acids is 1. The third-order valence-electron chi connectivity index (χ3n) is 4.49. The number of anilines is 1. The van der Waals surface area contributed by atoms with Gasteiger partial charge >= 0.3 is 0 Å². The Hall–Kier alpha value is -1.87. The monoisotopic (exact) mass is 401 g/mol. The first-order valence-electron chi connectivity index (χ1n) is 9.21. The molecule has 0 spiro atoms. The highest BCUT2D eigenvalue weighted by Crippen LogP contribution is 2.44. The second-order valence-corrected chi connectivity index (χ2v) is 9.04. The first-order valence-corrected chi connectivity index (χ1v) is 10.8. The normalized spacial score (nSPS) is 13.9. The van der Waals surface area contributed by atoms with Gasteiger partial charge in [0.2, 0.25) is 5.91 Å². The fourth-order valence-corrected chi connectivity index (χ4v) is 5.51. The molecule has 0 saturated carbocycles. The number of carbonyl (C=O) groups is 1. The first-order chi connectivity index (χ1) is 13.1. The zero-order valence-corrected chi connectivity index (χ0v) is 17.1. The lowest BCUT2D eigenvalue weighted by Gasteiger charge is -2.13. The Labute approximate surface area is 166 Å². The molecule has 27 heavy (non-hydrogen) atoms. The molecule has 0 unspecified atom stereocenters. The minimum Gasteiger partial charge on any atom is -0.317 e. The maximum absolute atomic E-state index is 12.5. The van der Waals surface area contributed by atoms with Crippen LogP contribution in [0.15, 0.2) is 18.5 Å². The lowest BCUT2D eigenvalue weighted by atomic mass is 10.0. The number of amides is 1. The molecule has 0 radical (unpaired) electrons. The second-order valence-electron chi connectivity index (χ2n) is 6.90. The SMILES string of the molecule is CC(C)NCCC(=O)Nc1sc2c(c1-c1nc3cnccc3s1)CCNC2. The van der Waals surface area contributed by atoms with Crippen LogP contribution in [0.2, 0.25) is 0 Å². The van der Waals surface area contributed by atoms with E-state index < -0.39 is 0 Å². The summed E-state index contributed by atoms with van der Waals surface area (Å²) >= 11 is 3.33. The summed E-state index contributed by atoms with van der Waals surface area (Å²) in [6, 6.07) is 2.37. The van der Waals surface area contributed by atoms with E-state index in [0.717, 1.165) is 45.3 Å². The summed E-state index contributed by atoms with van der Waals surface area (Å²) < 4.78 is 1.12. The van der Waals surface area contributed by atoms with Gasteiger partial charge in [0.05, 0.1) is 10.9 Å². The number of thiophene rings is 1.